The maximum Gasteiger partial charge on any atom is 0.390 e. The van der Waals surface area contributed by atoms with Crippen LogP contribution in [0.15, 0.2) is 10.9 Å². The summed E-state index contributed by atoms with van der Waals surface area (Å²) in [5, 5.41) is 4.58. The monoisotopic (exact) mass is 224 g/mol. The topological polar surface area (TPSA) is 24.9 Å². The van der Waals surface area contributed by atoms with Crippen molar-refractivity contribution in [2.45, 2.75) is 32.1 Å². The van der Waals surface area contributed by atoms with Crippen molar-refractivity contribution in [2.75, 3.05) is 0 Å². The Morgan fingerprint density at radius 1 is 1.57 bits per heavy atom. The van der Waals surface area contributed by atoms with Crippen molar-refractivity contribution in [1.82, 2.24) is 10.3 Å². The second-order valence-electron chi connectivity index (χ2n) is 3.08. The predicted octanol–water partition coefficient (Wildman–Crippen LogP) is 2.57. The molecule has 0 aliphatic carbocycles. The maximum atomic E-state index is 11.9. The van der Waals surface area contributed by atoms with Gasteiger partial charge < -0.3 is 5.32 Å². The Balaban J connectivity index is 2.25. The molecule has 0 radical (unpaired) electrons. The summed E-state index contributed by atoms with van der Waals surface area (Å²) in [4.78, 5) is 3.96. The summed E-state index contributed by atoms with van der Waals surface area (Å²) in [6, 6.07) is -0.573. The summed E-state index contributed by atoms with van der Waals surface area (Å²) < 4.78 is 35.8. The van der Waals surface area contributed by atoms with E-state index in [1.165, 1.54) is 18.3 Å². The van der Waals surface area contributed by atoms with Gasteiger partial charge in [0.2, 0.25) is 0 Å². The van der Waals surface area contributed by atoms with E-state index in [2.05, 4.69) is 10.3 Å². The van der Waals surface area contributed by atoms with E-state index in [0.717, 1.165) is 5.69 Å². The van der Waals surface area contributed by atoms with Crippen LogP contribution in [-0.4, -0.2) is 17.2 Å². The first-order chi connectivity index (χ1) is 6.47. The molecule has 1 aromatic heterocycles. The standard InChI is InChI=1S/C8H11F3N2S/c1-6(2-8(9,10)11)12-3-7-4-14-5-13-7/h4-6,12H,2-3H2,1H3. The molecule has 6 heteroatoms. The Bertz CT molecular complexity index is 258. The molecule has 0 aliphatic heterocycles. The smallest absolute Gasteiger partial charge is 0.308 e. The van der Waals surface area contributed by atoms with Crippen LogP contribution in [0.1, 0.15) is 19.0 Å². The van der Waals surface area contributed by atoms with Crippen LogP contribution >= 0.6 is 11.3 Å². The van der Waals surface area contributed by atoms with Crippen LogP contribution in [-0.2, 0) is 6.54 Å². The first-order valence-corrected chi connectivity index (χ1v) is 5.09. The first kappa shape index (κ1) is 11.5. The lowest BCUT2D eigenvalue weighted by Crippen LogP contribution is -2.30. The highest BCUT2D eigenvalue weighted by molar-refractivity contribution is 7.07. The van der Waals surface area contributed by atoms with Gasteiger partial charge in [-0.1, -0.05) is 0 Å². The number of alkyl halides is 3. The van der Waals surface area contributed by atoms with Crippen molar-refractivity contribution in [3.05, 3.63) is 16.6 Å². The molecule has 14 heavy (non-hydrogen) atoms. The van der Waals surface area contributed by atoms with Crippen LogP contribution in [0, 0.1) is 0 Å². The van der Waals surface area contributed by atoms with Gasteiger partial charge in [-0.15, -0.1) is 11.3 Å². The number of aromatic nitrogens is 1. The minimum absolute atomic E-state index is 0.390. The van der Waals surface area contributed by atoms with Gasteiger partial charge >= 0.3 is 6.18 Å². The molecule has 0 saturated heterocycles. The minimum Gasteiger partial charge on any atom is -0.308 e. The molecule has 0 spiro atoms. The lowest BCUT2D eigenvalue weighted by molar-refractivity contribution is -0.139. The average molecular weight is 224 g/mol. The molecule has 0 fully saturated rings. The van der Waals surface area contributed by atoms with Gasteiger partial charge in [0.1, 0.15) is 0 Å². The Kier molecular flexibility index (Phi) is 3.88. The third-order valence-electron chi connectivity index (χ3n) is 1.65. The Hall–Kier alpha value is -0.620. The largest absolute Gasteiger partial charge is 0.390 e. The molecule has 0 amide bonds. The molecule has 1 atom stereocenters. The van der Waals surface area contributed by atoms with Crippen LogP contribution in [0.4, 0.5) is 13.2 Å². The van der Waals surface area contributed by atoms with Crippen molar-refractivity contribution in [3.8, 4) is 0 Å². The van der Waals surface area contributed by atoms with Crippen LogP contribution in [0.25, 0.3) is 0 Å². The molecule has 1 unspecified atom stereocenters. The Morgan fingerprint density at radius 3 is 2.79 bits per heavy atom. The quantitative estimate of drug-likeness (QED) is 0.850. The zero-order valence-corrected chi connectivity index (χ0v) is 8.45. The number of halogens is 3. The van der Waals surface area contributed by atoms with Gasteiger partial charge in [-0.25, -0.2) is 4.98 Å². The van der Waals surface area contributed by atoms with E-state index in [4.69, 9.17) is 0 Å². The highest BCUT2D eigenvalue weighted by atomic mass is 32.1. The maximum absolute atomic E-state index is 11.9. The molecule has 0 bridgehead atoms. The van der Waals surface area contributed by atoms with Crippen molar-refractivity contribution >= 4 is 11.3 Å². The summed E-state index contributed by atoms with van der Waals surface area (Å²) >= 11 is 1.43. The zero-order valence-electron chi connectivity index (χ0n) is 7.64. The number of nitrogens with zero attached hydrogens (tertiary/aromatic N) is 1. The number of hydrogen-bond acceptors (Lipinski definition) is 3. The molecule has 0 aliphatic rings. The SMILES string of the molecule is CC(CC(F)(F)F)NCc1cscn1. The fraction of sp³-hybridized carbons (Fsp3) is 0.625. The number of thiazole rings is 1. The molecular formula is C8H11F3N2S. The van der Waals surface area contributed by atoms with Gasteiger partial charge in [0.15, 0.2) is 0 Å². The molecule has 2 nitrogen and oxygen atoms in total. The first-order valence-electron chi connectivity index (χ1n) is 4.14. The fourth-order valence-electron chi connectivity index (χ4n) is 1.02. The highest BCUT2D eigenvalue weighted by Crippen LogP contribution is 2.21. The van der Waals surface area contributed by atoms with E-state index in [1.807, 2.05) is 5.38 Å². The molecule has 0 aromatic carbocycles. The van der Waals surface area contributed by atoms with E-state index < -0.39 is 18.6 Å². The second kappa shape index (κ2) is 4.75. The fourth-order valence-corrected chi connectivity index (χ4v) is 1.58. The molecule has 0 saturated carbocycles. The number of rotatable bonds is 4. The zero-order chi connectivity index (χ0) is 10.6. The highest BCUT2D eigenvalue weighted by Gasteiger charge is 2.29. The Labute approximate surface area is 84.2 Å². The summed E-state index contributed by atoms with van der Waals surface area (Å²) in [6.45, 7) is 1.90. The average Bonchev–Trinajstić information content (AvgIpc) is 2.49. The molecule has 1 aromatic rings. The van der Waals surface area contributed by atoms with Crippen LogP contribution in [0.3, 0.4) is 0 Å². The van der Waals surface area contributed by atoms with Crippen LogP contribution in [0.5, 0.6) is 0 Å². The van der Waals surface area contributed by atoms with Crippen molar-refractivity contribution in [1.29, 1.82) is 0 Å². The van der Waals surface area contributed by atoms with Gasteiger partial charge in [-0.3, -0.25) is 0 Å². The summed E-state index contributed by atoms with van der Waals surface area (Å²) in [7, 11) is 0. The third kappa shape index (κ3) is 4.57. The van der Waals surface area contributed by atoms with Crippen molar-refractivity contribution < 1.29 is 13.2 Å². The summed E-state index contributed by atoms with van der Waals surface area (Å²) in [6.07, 6.45) is -4.91. The number of hydrogen-bond donors (Lipinski definition) is 1. The summed E-state index contributed by atoms with van der Waals surface area (Å²) in [5.41, 5.74) is 2.44. The minimum atomic E-state index is -4.10. The van der Waals surface area contributed by atoms with Gasteiger partial charge in [-0.2, -0.15) is 13.2 Å². The second-order valence-corrected chi connectivity index (χ2v) is 3.80. The third-order valence-corrected chi connectivity index (χ3v) is 2.29. The molecule has 80 valence electrons. The molecular weight excluding hydrogens is 213 g/mol. The normalized spacial score (nSPS) is 14.3. The van der Waals surface area contributed by atoms with E-state index in [9.17, 15) is 13.2 Å². The van der Waals surface area contributed by atoms with Gasteiger partial charge in [0, 0.05) is 18.0 Å². The lowest BCUT2D eigenvalue weighted by Gasteiger charge is -2.14. The molecule has 1 N–H and O–H groups in total. The van der Waals surface area contributed by atoms with E-state index in [-0.39, 0.29) is 0 Å². The predicted molar refractivity (Wildman–Crippen MR) is 49.1 cm³/mol. The van der Waals surface area contributed by atoms with Crippen LogP contribution in [0.2, 0.25) is 0 Å². The van der Waals surface area contributed by atoms with Crippen molar-refractivity contribution in [2.24, 2.45) is 0 Å². The van der Waals surface area contributed by atoms with E-state index >= 15 is 0 Å². The van der Waals surface area contributed by atoms with Gasteiger partial charge in [-0.05, 0) is 6.92 Å². The Morgan fingerprint density at radius 2 is 2.29 bits per heavy atom. The van der Waals surface area contributed by atoms with Gasteiger partial charge in [0.25, 0.3) is 0 Å². The van der Waals surface area contributed by atoms with Gasteiger partial charge in [0.05, 0.1) is 17.6 Å². The van der Waals surface area contributed by atoms with E-state index in [1.54, 1.807) is 5.51 Å². The molecule has 1 heterocycles. The van der Waals surface area contributed by atoms with E-state index in [0.29, 0.717) is 6.54 Å². The molecule has 1 rings (SSSR count). The van der Waals surface area contributed by atoms with Crippen molar-refractivity contribution in [3.63, 3.8) is 0 Å². The summed E-state index contributed by atoms with van der Waals surface area (Å²) in [5.74, 6) is 0. The van der Waals surface area contributed by atoms with Crippen LogP contribution < -0.4 is 5.32 Å². The lowest BCUT2D eigenvalue weighted by atomic mass is 10.2. The number of nitrogens with one attached hydrogen (secondary N) is 1.